The minimum Gasteiger partial charge on any atom is -0.455 e. The highest BCUT2D eigenvalue weighted by Gasteiger charge is 2.34. The maximum absolute atomic E-state index is 12.3. The van der Waals surface area contributed by atoms with Crippen LogP contribution >= 0.6 is 11.6 Å². The lowest BCUT2D eigenvalue weighted by Gasteiger charge is -2.20. The number of furan rings is 1. The number of fused-ring (bicyclic) bond motifs is 1. The summed E-state index contributed by atoms with van der Waals surface area (Å²) in [5.41, 5.74) is 1.91. The van der Waals surface area contributed by atoms with Crippen molar-refractivity contribution in [3.63, 3.8) is 0 Å². The van der Waals surface area contributed by atoms with Crippen molar-refractivity contribution < 1.29 is 14.1 Å². The van der Waals surface area contributed by atoms with Gasteiger partial charge in [0.05, 0.1) is 11.0 Å². The Bertz CT molecular complexity index is 1040. The average Bonchev–Trinajstić information content (AvgIpc) is 3.31. The molecule has 2 aromatic carbocycles. The number of alkyl halides is 1. The van der Waals surface area contributed by atoms with Gasteiger partial charge in [-0.25, -0.2) is 5.01 Å². The molecule has 0 aliphatic carbocycles. The number of rotatable bonds is 4. The van der Waals surface area contributed by atoms with Crippen LogP contribution in [0.4, 0.5) is 5.69 Å². The van der Waals surface area contributed by atoms with Gasteiger partial charge < -0.3 is 4.42 Å². The number of para-hydroxylation sites is 1. The summed E-state index contributed by atoms with van der Waals surface area (Å²) in [6, 6.07) is 15.2. The highest BCUT2D eigenvalue weighted by Crippen LogP contribution is 2.35. The SMILES string of the molecule is O=C(CCl)N1N=C(c2cc3ccccc3o2)CC1c1cccc([N+](=O)[O-])c1. The van der Waals surface area contributed by atoms with Crippen LogP contribution in [0.3, 0.4) is 0 Å². The quantitative estimate of drug-likeness (QED) is 0.382. The second-order valence-electron chi connectivity index (χ2n) is 6.14. The van der Waals surface area contributed by atoms with Gasteiger partial charge in [-0.1, -0.05) is 30.3 Å². The van der Waals surface area contributed by atoms with Gasteiger partial charge >= 0.3 is 0 Å². The third kappa shape index (κ3) is 3.17. The van der Waals surface area contributed by atoms with Gasteiger partial charge in [-0.2, -0.15) is 5.10 Å². The Labute approximate surface area is 159 Å². The molecule has 0 N–H and O–H groups in total. The molecule has 2 heterocycles. The zero-order valence-corrected chi connectivity index (χ0v) is 14.8. The van der Waals surface area contributed by atoms with Gasteiger partial charge in [0.25, 0.3) is 11.6 Å². The highest BCUT2D eigenvalue weighted by molar-refractivity contribution is 6.27. The van der Waals surface area contributed by atoms with Crippen molar-refractivity contribution in [2.24, 2.45) is 5.10 Å². The average molecular weight is 384 g/mol. The number of non-ortho nitro benzene ring substituents is 1. The number of amides is 1. The molecular formula is C19H14ClN3O4. The maximum Gasteiger partial charge on any atom is 0.269 e. The minimum absolute atomic E-state index is 0.0389. The minimum atomic E-state index is -0.473. The van der Waals surface area contributed by atoms with E-state index in [9.17, 15) is 14.9 Å². The molecule has 0 bridgehead atoms. The Balaban J connectivity index is 1.72. The first-order valence-corrected chi connectivity index (χ1v) is 8.79. The van der Waals surface area contributed by atoms with E-state index in [1.165, 1.54) is 17.1 Å². The number of hydrogen-bond donors (Lipinski definition) is 0. The molecule has 0 radical (unpaired) electrons. The summed E-state index contributed by atoms with van der Waals surface area (Å²) in [4.78, 5) is 22.9. The van der Waals surface area contributed by atoms with E-state index in [0.717, 1.165) is 11.0 Å². The second-order valence-corrected chi connectivity index (χ2v) is 6.41. The normalized spacial score (nSPS) is 16.6. The lowest BCUT2D eigenvalue weighted by Crippen LogP contribution is -2.28. The van der Waals surface area contributed by atoms with Gasteiger partial charge in [-0.3, -0.25) is 14.9 Å². The third-order valence-electron chi connectivity index (χ3n) is 4.46. The molecule has 1 aromatic heterocycles. The fraction of sp³-hybridized carbons (Fsp3) is 0.158. The van der Waals surface area contributed by atoms with E-state index >= 15 is 0 Å². The van der Waals surface area contributed by atoms with Crippen LogP contribution in [0.2, 0.25) is 0 Å². The molecule has 1 aliphatic heterocycles. The summed E-state index contributed by atoms with van der Waals surface area (Å²) in [6.07, 6.45) is 0.379. The molecule has 136 valence electrons. The summed E-state index contributed by atoms with van der Waals surface area (Å²) in [6.45, 7) is 0. The van der Waals surface area contributed by atoms with Gasteiger partial charge in [-0.15, -0.1) is 11.6 Å². The molecule has 1 atom stereocenters. The van der Waals surface area contributed by atoms with Crippen LogP contribution in [0.25, 0.3) is 11.0 Å². The number of nitrogens with zero attached hydrogens (tertiary/aromatic N) is 3. The van der Waals surface area contributed by atoms with Gasteiger partial charge in [0.1, 0.15) is 17.2 Å². The first kappa shape index (κ1) is 17.2. The van der Waals surface area contributed by atoms with E-state index in [0.29, 0.717) is 23.5 Å². The Morgan fingerprint density at radius 3 is 2.81 bits per heavy atom. The molecule has 1 amide bonds. The van der Waals surface area contributed by atoms with Crippen molar-refractivity contribution in [3.8, 4) is 0 Å². The zero-order chi connectivity index (χ0) is 19.0. The Kier molecular flexibility index (Phi) is 4.37. The van der Waals surface area contributed by atoms with Crippen molar-refractivity contribution in [2.75, 3.05) is 5.88 Å². The molecule has 27 heavy (non-hydrogen) atoms. The van der Waals surface area contributed by atoms with Crippen molar-refractivity contribution >= 4 is 39.9 Å². The monoisotopic (exact) mass is 383 g/mol. The smallest absolute Gasteiger partial charge is 0.269 e. The Hall–Kier alpha value is -3.19. The van der Waals surface area contributed by atoms with Crippen LogP contribution in [0, 0.1) is 10.1 Å². The summed E-state index contributed by atoms with van der Waals surface area (Å²) in [5.74, 6) is -0.0432. The fourth-order valence-electron chi connectivity index (χ4n) is 3.18. The Morgan fingerprint density at radius 2 is 2.07 bits per heavy atom. The molecule has 3 aromatic rings. The van der Waals surface area contributed by atoms with Gasteiger partial charge in [-0.05, 0) is 17.7 Å². The maximum atomic E-state index is 12.3. The fourth-order valence-corrected chi connectivity index (χ4v) is 3.30. The second kappa shape index (κ2) is 6.85. The molecule has 0 saturated carbocycles. The lowest BCUT2D eigenvalue weighted by molar-refractivity contribution is -0.384. The number of nitro benzene ring substituents is 1. The first-order chi connectivity index (χ1) is 13.1. The summed E-state index contributed by atoms with van der Waals surface area (Å²) in [7, 11) is 0. The summed E-state index contributed by atoms with van der Waals surface area (Å²) in [5, 5.41) is 17.7. The van der Waals surface area contributed by atoms with Crippen LogP contribution in [0.1, 0.15) is 23.8 Å². The van der Waals surface area contributed by atoms with Crippen LogP contribution in [0.15, 0.2) is 64.1 Å². The molecular weight excluding hydrogens is 370 g/mol. The van der Waals surface area contributed by atoms with Crippen molar-refractivity contribution in [1.29, 1.82) is 0 Å². The van der Waals surface area contributed by atoms with E-state index in [-0.39, 0.29) is 17.5 Å². The largest absolute Gasteiger partial charge is 0.455 e. The van der Waals surface area contributed by atoms with E-state index in [1.54, 1.807) is 12.1 Å². The number of carbonyl (C=O) groups is 1. The van der Waals surface area contributed by atoms with Crippen molar-refractivity contribution in [1.82, 2.24) is 5.01 Å². The first-order valence-electron chi connectivity index (χ1n) is 8.25. The van der Waals surface area contributed by atoms with E-state index in [1.807, 2.05) is 30.3 Å². The number of nitro groups is 1. The Morgan fingerprint density at radius 1 is 1.26 bits per heavy atom. The molecule has 0 saturated heterocycles. The number of benzene rings is 2. The number of hydrogen-bond acceptors (Lipinski definition) is 5. The van der Waals surface area contributed by atoms with E-state index in [4.69, 9.17) is 16.0 Å². The topological polar surface area (TPSA) is 89.0 Å². The molecule has 7 nitrogen and oxygen atoms in total. The van der Waals surface area contributed by atoms with Crippen LogP contribution in [-0.2, 0) is 4.79 Å². The molecule has 1 aliphatic rings. The molecule has 4 rings (SSSR count). The van der Waals surface area contributed by atoms with Gasteiger partial charge in [0.15, 0.2) is 5.76 Å². The number of hydrazone groups is 1. The zero-order valence-electron chi connectivity index (χ0n) is 14.0. The molecule has 0 fully saturated rings. The van der Waals surface area contributed by atoms with Crippen LogP contribution in [-0.4, -0.2) is 27.4 Å². The highest BCUT2D eigenvalue weighted by atomic mass is 35.5. The summed E-state index contributed by atoms with van der Waals surface area (Å²) < 4.78 is 5.85. The predicted octanol–water partition coefficient (Wildman–Crippen LogP) is 4.26. The summed E-state index contributed by atoms with van der Waals surface area (Å²) >= 11 is 5.73. The van der Waals surface area contributed by atoms with Gasteiger partial charge in [0.2, 0.25) is 0 Å². The van der Waals surface area contributed by atoms with Gasteiger partial charge in [0, 0.05) is 23.9 Å². The molecule has 8 heteroatoms. The number of halogens is 1. The standard InChI is InChI=1S/C19H14ClN3O4/c20-11-19(24)22-16(12-5-3-6-14(8-12)23(25)26)10-15(21-22)18-9-13-4-1-2-7-17(13)27-18/h1-9,16H,10-11H2. The molecule has 0 spiro atoms. The van der Waals surface area contributed by atoms with Crippen molar-refractivity contribution in [2.45, 2.75) is 12.5 Å². The van der Waals surface area contributed by atoms with Crippen LogP contribution in [0.5, 0.6) is 0 Å². The van der Waals surface area contributed by atoms with E-state index in [2.05, 4.69) is 5.10 Å². The molecule has 1 unspecified atom stereocenters. The number of carbonyl (C=O) groups excluding carboxylic acids is 1. The van der Waals surface area contributed by atoms with Crippen molar-refractivity contribution in [3.05, 3.63) is 76.0 Å². The lowest BCUT2D eigenvalue weighted by atomic mass is 10.0. The predicted molar refractivity (Wildman–Crippen MR) is 101 cm³/mol. The van der Waals surface area contributed by atoms with E-state index < -0.39 is 11.0 Å². The third-order valence-corrected chi connectivity index (χ3v) is 4.68. The van der Waals surface area contributed by atoms with Crippen LogP contribution < -0.4 is 0 Å².